The Morgan fingerprint density at radius 2 is 1.62 bits per heavy atom. The summed E-state index contributed by atoms with van der Waals surface area (Å²) in [6, 6.07) is 13.0. The van der Waals surface area contributed by atoms with Crippen molar-refractivity contribution in [2.24, 2.45) is 0 Å². The molecule has 29 heavy (non-hydrogen) atoms. The Morgan fingerprint density at radius 3 is 2.21 bits per heavy atom. The van der Waals surface area contributed by atoms with Crippen LogP contribution < -0.4 is 15.4 Å². The van der Waals surface area contributed by atoms with E-state index in [1.54, 1.807) is 18.2 Å². The summed E-state index contributed by atoms with van der Waals surface area (Å²) in [5.74, 6) is 0.344. The van der Waals surface area contributed by atoms with Crippen LogP contribution in [0.1, 0.15) is 21.5 Å². The molecule has 0 bridgehead atoms. The van der Waals surface area contributed by atoms with E-state index in [0.29, 0.717) is 17.3 Å². The lowest BCUT2D eigenvalue weighted by Crippen LogP contribution is -2.34. The van der Waals surface area contributed by atoms with Crippen LogP contribution in [0.3, 0.4) is 0 Å². The maximum atomic E-state index is 12.2. The van der Waals surface area contributed by atoms with Crippen LogP contribution >= 0.6 is 23.2 Å². The molecule has 1 heterocycles. The van der Waals surface area contributed by atoms with Gasteiger partial charge in [-0.2, -0.15) is 0 Å². The number of carbonyl (C=O) groups excluding carboxylic acids is 2. The first-order chi connectivity index (χ1) is 13.8. The van der Waals surface area contributed by atoms with Crippen LogP contribution in [0.4, 0.5) is 10.5 Å². The topological polar surface area (TPSA) is 80.3 Å². The first-order valence-corrected chi connectivity index (χ1v) is 9.36. The molecule has 148 valence electrons. The Kier molecular flexibility index (Phi) is 6.36. The van der Waals surface area contributed by atoms with Gasteiger partial charge in [-0.3, -0.25) is 10.1 Å². The van der Waals surface area contributed by atoms with Crippen molar-refractivity contribution in [2.45, 2.75) is 13.8 Å². The van der Waals surface area contributed by atoms with Crippen molar-refractivity contribution >= 4 is 40.8 Å². The largest absolute Gasteiger partial charge is 0.439 e. The van der Waals surface area contributed by atoms with E-state index >= 15 is 0 Å². The number of halogens is 2. The summed E-state index contributed by atoms with van der Waals surface area (Å²) < 4.78 is 5.73. The molecule has 3 rings (SSSR count). The lowest BCUT2D eigenvalue weighted by atomic mass is 10.1. The summed E-state index contributed by atoms with van der Waals surface area (Å²) in [4.78, 5) is 28.5. The van der Waals surface area contributed by atoms with Gasteiger partial charge < -0.3 is 10.1 Å². The third-order valence-corrected chi connectivity index (χ3v) is 4.46. The minimum atomic E-state index is -0.740. The lowest BCUT2D eigenvalue weighted by Gasteiger charge is -2.10. The van der Waals surface area contributed by atoms with Gasteiger partial charge in [0.2, 0.25) is 5.88 Å². The van der Waals surface area contributed by atoms with E-state index in [1.165, 1.54) is 18.3 Å². The molecule has 0 saturated carbocycles. The Hall–Kier alpha value is -3.09. The van der Waals surface area contributed by atoms with E-state index < -0.39 is 11.9 Å². The molecule has 3 aromatic rings. The highest BCUT2D eigenvalue weighted by atomic mass is 35.5. The number of imide groups is 1. The fourth-order valence-electron chi connectivity index (χ4n) is 2.67. The molecule has 8 heteroatoms. The van der Waals surface area contributed by atoms with Crippen molar-refractivity contribution in [3.8, 4) is 11.6 Å². The van der Waals surface area contributed by atoms with Crippen LogP contribution in [-0.4, -0.2) is 16.9 Å². The number of rotatable bonds is 4. The van der Waals surface area contributed by atoms with Gasteiger partial charge in [0.25, 0.3) is 5.91 Å². The zero-order valence-corrected chi connectivity index (χ0v) is 17.1. The average molecular weight is 430 g/mol. The van der Waals surface area contributed by atoms with Crippen LogP contribution in [0.5, 0.6) is 11.6 Å². The normalized spacial score (nSPS) is 10.3. The van der Waals surface area contributed by atoms with Gasteiger partial charge in [-0.1, -0.05) is 35.3 Å². The number of pyridine rings is 1. The number of urea groups is 1. The maximum Gasteiger partial charge on any atom is 0.326 e. The number of aromatic nitrogens is 1. The van der Waals surface area contributed by atoms with Crippen LogP contribution in [0, 0.1) is 13.8 Å². The smallest absolute Gasteiger partial charge is 0.326 e. The standard InChI is InChI=1S/C21H17Cl2N3O3/c1-12-8-13(2)10-15(9-12)29-18-7-6-14(11-24-18)25-21(28)26-20(27)19-16(22)4-3-5-17(19)23/h3-11H,1-2H3,(H2,25,26,27,28). The van der Waals surface area contributed by atoms with Crippen molar-refractivity contribution < 1.29 is 14.3 Å². The molecule has 0 aliphatic rings. The first kappa shape index (κ1) is 20.6. The summed E-state index contributed by atoms with van der Waals surface area (Å²) >= 11 is 11.9. The van der Waals surface area contributed by atoms with Crippen molar-refractivity contribution in [3.63, 3.8) is 0 Å². The second kappa shape index (κ2) is 8.94. The van der Waals surface area contributed by atoms with E-state index in [0.717, 1.165) is 11.1 Å². The quantitative estimate of drug-likeness (QED) is 0.552. The number of anilines is 1. The molecule has 2 aromatic carbocycles. The number of aryl methyl sites for hydroxylation is 2. The number of hydrogen-bond acceptors (Lipinski definition) is 4. The zero-order chi connectivity index (χ0) is 21.0. The predicted molar refractivity (Wildman–Crippen MR) is 113 cm³/mol. The fraction of sp³-hybridized carbons (Fsp3) is 0.0952. The molecule has 0 unspecified atom stereocenters. The summed E-state index contributed by atoms with van der Waals surface area (Å²) in [5, 5.41) is 4.99. The van der Waals surface area contributed by atoms with Crippen molar-refractivity contribution in [2.75, 3.05) is 5.32 Å². The van der Waals surface area contributed by atoms with Crippen molar-refractivity contribution in [1.29, 1.82) is 0 Å². The van der Waals surface area contributed by atoms with Crippen LogP contribution in [0.2, 0.25) is 10.0 Å². The van der Waals surface area contributed by atoms with E-state index in [1.807, 2.05) is 32.0 Å². The highest BCUT2D eigenvalue weighted by Crippen LogP contribution is 2.25. The fourth-order valence-corrected chi connectivity index (χ4v) is 3.24. The molecular formula is C21H17Cl2N3O3. The molecule has 0 atom stereocenters. The van der Waals surface area contributed by atoms with E-state index in [2.05, 4.69) is 15.6 Å². The van der Waals surface area contributed by atoms with Gasteiger partial charge in [0, 0.05) is 6.07 Å². The van der Waals surface area contributed by atoms with E-state index in [9.17, 15) is 9.59 Å². The number of benzene rings is 2. The van der Waals surface area contributed by atoms with Gasteiger partial charge in [-0.15, -0.1) is 0 Å². The minimum absolute atomic E-state index is 0.0290. The summed E-state index contributed by atoms with van der Waals surface area (Å²) in [5.41, 5.74) is 2.58. The number of hydrogen-bond donors (Lipinski definition) is 2. The molecule has 0 radical (unpaired) electrons. The lowest BCUT2D eigenvalue weighted by molar-refractivity contribution is 0.0967. The van der Waals surface area contributed by atoms with E-state index in [4.69, 9.17) is 27.9 Å². The third kappa shape index (κ3) is 5.47. The Labute approximate surface area is 177 Å². The number of nitrogens with zero attached hydrogens (tertiary/aromatic N) is 1. The number of nitrogens with one attached hydrogen (secondary N) is 2. The number of ether oxygens (including phenoxy) is 1. The molecule has 6 nitrogen and oxygen atoms in total. The average Bonchev–Trinajstić information content (AvgIpc) is 2.62. The summed E-state index contributed by atoms with van der Waals surface area (Å²) in [6.07, 6.45) is 1.42. The van der Waals surface area contributed by atoms with Crippen molar-refractivity contribution in [3.05, 3.63) is 81.5 Å². The van der Waals surface area contributed by atoms with E-state index in [-0.39, 0.29) is 15.6 Å². The van der Waals surface area contributed by atoms with Gasteiger partial charge in [0.15, 0.2) is 0 Å². The molecule has 0 aliphatic carbocycles. The Morgan fingerprint density at radius 1 is 0.966 bits per heavy atom. The van der Waals surface area contributed by atoms with Gasteiger partial charge in [0.05, 0.1) is 27.5 Å². The second-order valence-corrected chi connectivity index (χ2v) is 7.13. The highest BCUT2D eigenvalue weighted by molar-refractivity contribution is 6.40. The zero-order valence-electron chi connectivity index (χ0n) is 15.6. The van der Waals surface area contributed by atoms with Crippen LogP contribution in [0.25, 0.3) is 0 Å². The summed E-state index contributed by atoms with van der Waals surface area (Å²) in [7, 11) is 0. The Bertz CT molecular complexity index is 1030. The highest BCUT2D eigenvalue weighted by Gasteiger charge is 2.17. The monoisotopic (exact) mass is 429 g/mol. The van der Waals surface area contributed by atoms with Gasteiger partial charge in [-0.25, -0.2) is 9.78 Å². The first-order valence-electron chi connectivity index (χ1n) is 8.60. The SMILES string of the molecule is Cc1cc(C)cc(Oc2ccc(NC(=O)NC(=O)c3c(Cl)cccc3Cl)cn2)c1. The molecular weight excluding hydrogens is 413 g/mol. The van der Waals surface area contributed by atoms with Gasteiger partial charge in [0.1, 0.15) is 5.75 Å². The molecule has 0 saturated heterocycles. The van der Waals surface area contributed by atoms with Gasteiger partial charge >= 0.3 is 6.03 Å². The molecule has 0 aliphatic heterocycles. The van der Waals surface area contributed by atoms with Crippen LogP contribution in [0.15, 0.2) is 54.7 Å². The molecule has 1 aromatic heterocycles. The molecule has 0 fully saturated rings. The third-order valence-electron chi connectivity index (χ3n) is 3.83. The maximum absolute atomic E-state index is 12.2. The molecule has 2 N–H and O–H groups in total. The molecule has 0 spiro atoms. The molecule has 3 amide bonds. The number of amides is 3. The number of carbonyl (C=O) groups is 2. The van der Waals surface area contributed by atoms with Crippen molar-refractivity contribution in [1.82, 2.24) is 10.3 Å². The van der Waals surface area contributed by atoms with Gasteiger partial charge in [-0.05, 0) is 55.3 Å². The summed E-state index contributed by atoms with van der Waals surface area (Å²) in [6.45, 7) is 3.96. The second-order valence-electron chi connectivity index (χ2n) is 6.32. The Balaban J connectivity index is 1.62. The van der Waals surface area contributed by atoms with Crippen LogP contribution in [-0.2, 0) is 0 Å². The predicted octanol–water partition coefficient (Wildman–Crippen LogP) is 5.76. The minimum Gasteiger partial charge on any atom is -0.439 e.